The second-order valence-corrected chi connectivity index (χ2v) is 4.61. The summed E-state index contributed by atoms with van der Waals surface area (Å²) in [6.07, 6.45) is 0. The standard InChI is InChI=1S/C16H12FNO/c1-10-3-2-4-11(7-10)14-9-16(19)13-6-5-12(17)8-15(13)18-14/h2-9H,1H3,(H,18,19). The molecule has 0 amide bonds. The Morgan fingerprint density at radius 1 is 1.05 bits per heavy atom. The van der Waals surface area contributed by atoms with E-state index in [0.29, 0.717) is 16.6 Å². The van der Waals surface area contributed by atoms with Crippen LogP contribution < -0.4 is 5.43 Å². The maximum absolute atomic E-state index is 13.2. The summed E-state index contributed by atoms with van der Waals surface area (Å²) in [4.78, 5) is 15.1. The summed E-state index contributed by atoms with van der Waals surface area (Å²) in [5, 5.41) is 0.498. The highest BCUT2D eigenvalue weighted by Crippen LogP contribution is 2.19. The normalized spacial score (nSPS) is 10.8. The van der Waals surface area contributed by atoms with E-state index in [4.69, 9.17) is 0 Å². The smallest absolute Gasteiger partial charge is 0.190 e. The van der Waals surface area contributed by atoms with Crippen LogP contribution in [0.2, 0.25) is 0 Å². The minimum absolute atomic E-state index is 0.106. The Morgan fingerprint density at radius 3 is 2.68 bits per heavy atom. The van der Waals surface area contributed by atoms with Crippen molar-refractivity contribution in [2.75, 3.05) is 0 Å². The van der Waals surface area contributed by atoms with Gasteiger partial charge in [0.1, 0.15) is 5.82 Å². The van der Waals surface area contributed by atoms with E-state index in [1.165, 1.54) is 18.2 Å². The summed E-state index contributed by atoms with van der Waals surface area (Å²) in [5.74, 6) is -0.357. The van der Waals surface area contributed by atoms with Gasteiger partial charge in [0.25, 0.3) is 0 Å². The number of halogens is 1. The molecule has 1 heterocycles. The molecule has 0 saturated heterocycles. The van der Waals surface area contributed by atoms with Crippen molar-refractivity contribution in [1.29, 1.82) is 0 Å². The maximum atomic E-state index is 13.2. The van der Waals surface area contributed by atoms with Crippen LogP contribution in [0.25, 0.3) is 22.2 Å². The number of H-pyrrole nitrogens is 1. The van der Waals surface area contributed by atoms with Crippen LogP contribution in [0.3, 0.4) is 0 Å². The quantitative estimate of drug-likeness (QED) is 0.705. The highest BCUT2D eigenvalue weighted by molar-refractivity contribution is 5.81. The molecule has 1 aromatic heterocycles. The predicted octanol–water partition coefficient (Wildman–Crippen LogP) is 3.64. The van der Waals surface area contributed by atoms with Crippen molar-refractivity contribution >= 4 is 10.9 Å². The molecule has 0 radical (unpaired) electrons. The fourth-order valence-electron chi connectivity index (χ4n) is 2.19. The summed E-state index contributed by atoms with van der Waals surface area (Å²) in [6, 6.07) is 13.5. The van der Waals surface area contributed by atoms with Crippen LogP contribution in [0.5, 0.6) is 0 Å². The first-order valence-corrected chi connectivity index (χ1v) is 6.03. The minimum atomic E-state index is -0.357. The summed E-state index contributed by atoms with van der Waals surface area (Å²) in [6.45, 7) is 1.99. The van der Waals surface area contributed by atoms with Gasteiger partial charge in [-0.05, 0) is 36.8 Å². The van der Waals surface area contributed by atoms with Gasteiger partial charge in [-0.1, -0.05) is 23.8 Å². The number of fused-ring (bicyclic) bond motifs is 1. The first-order valence-electron chi connectivity index (χ1n) is 6.03. The lowest BCUT2D eigenvalue weighted by Crippen LogP contribution is -2.03. The average Bonchev–Trinajstić information content (AvgIpc) is 2.38. The lowest BCUT2D eigenvalue weighted by molar-refractivity contribution is 0.629. The van der Waals surface area contributed by atoms with Crippen LogP contribution in [0.15, 0.2) is 53.3 Å². The number of nitrogens with one attached hydrogen (secondary N) is 1. The first kappa shape index (κ1) is 11.7. The van der Waals surface area contributed by atoms with Gasteiger partial charge in [-0.15, -0.1) is 0 Å². The van der Waals surface area contributed by atoms with Crippen molar-refractivity contribution in [3.63, 3.8) is 0 Å². The molecule has 0 aliphatic carbocycles. The molecule has 0 saturated carbocycles. The van der Waals surface area contributed by atoms with E-state index >= 15 is 0 Å². The molecule has 0 spiro atoms. The van der Waals surface area contributed by atoms with Gasteiger partial charge >= 0.3 is 0 Å². The van der Waals surface area contributed by atoms with Crippen molar-refractivity contribution in [1.82, 2.24) is 4.98 Å². The van der Waals surface area contributed by atoms with Crippen LogP contribution in [0.4, 0.5) is 4.39 Å². The summed E-state index contributed by atoms with van der Waals surface area (Å²) in [7, 11) is 0. The van der Waals surface area contributed by atoms with Crippen molar-refractivity contribution in [3.05, 3.63) is 70.1 Å². The van der Waals surface area contributed by atoms with Gasteiger partial charge in [-0.3, -0.25) is 4.79 Å². The predicted molar refractivity (Wildman–Crippen MR) is 74.7 cm³/mol. The zero-order valence-electron chi connectivity index (χ0n) is 10.4. The molecule has 0 aliphatic heterocycles. The van der Waals surface area contributed by atoms with Crippen molar-refractivity contribution < 1.29 is 4.39 Å². The van der Waals surface area contributed by atoms with Crippen LogP contribution >= 0.6 is 0 Å². The number of aromatic amines is 1. The van der Waals surface area contributed by atoms with E-state index in [1.54, 1.807) is 6.07 Å². The Balaban J connectivity index is 2.28. The van der Waals surface area contributed by atoms with Crippen LogP contribution in [-0.4, -0.2) is 4.98 Å². The topological polar surface area (TPSA) is 32.9 Å². The first-order chi connectivity index (χ1) is 9.13. The van der Waals surface area contributed by atoms with Crippen LogP contribution in [0.1, 0.15) is 5.56 Å². The van der Waals surface area contributed by atoms with Crippen LogP contribution in [0, 0.1) is 12.7 Å². The molecule has 0 aliphatic rings. The van der Waals surface area contributed by atoms with E-state index in [-0.39, 0.29) is 11.2 Å². The molecule has 3 aromatic rings. The van der Waals surface area contributed by atoms with Gasteiger partial charge in [0.2, 0.25) is 0 Å². The van der Waals surface area contributed by atoms with E-state index in [0.717, 1.165) is 11.1 Å². The van der Waals surface area contributed by atoms with Gasteiger partial charge < -0.3 is 4.98 Å². The van der Waals surface area contributed by atoms with E-state index < -0.39 is 0 Å². The minimum Gasteiger partial charge on any atom is -0.354 e. The second kappa shape index (κ2) is 4.35. The molecule has 3 rings (SSSR count). The van der Waals surface area contributed by atoms with Crippen molar-refractivity contribution in [2.45, 2.75) is 6.92 Å². The highest BCUT2D eigenvalue weighted by atomic mass is 19.1. The molecular formula is C16H12FNO. The molecule has 0 bridgehead atoms. The van der Waals surface area contributed by atoms with Gasteiger partial charge in [0.15, 0.2) is 5.43 Å². The molecule has 1 N–H and O–H groups in total. The Kier molecular flexibility index (Phi) is 2.67. The summed E-state index contributed by atoms with van der Waals surface area (Å²) >= 11 is 0. The average molecular weight is 253 g/mol. The van der Waals surface area contributed by atoms with E-state index in [9.17, 15) is 9.18 Å². The fourth-order valence-corrected chi connectivity index (χ4v) is 2.19. The third kappa shape index (κ3) is 2.15. The van der Waals surface area contributed by atoms with Crippen molar-refractivity contribution in [3.8, 4) is 11.3 Å². The molecule has 0 unspecified atom stereocenters. The van der Waals surface area contributed by atoms with Gasteiger partial charge in [0, 0.05) is 17.1 Å². The number of aryl methyl sites for hydroxylation is 1. The third-order valence-corrected chi connectivity index (χ3v) is 3.12. The SMILES string of the molecule is Cc1cccc(-c2cc(=O)c3ccc(F)cc3[nH]2)c1. The fraction of sp³-hybridized carbons (Fsp3) is 0.0625. The zero-order chi connectivity index (χ0) is 13.4. The molecular weight excluding hydrogens is 241 g/mol. The van der Waals surface area contributed by atoms with E-state index in [1.807, 2.05) is 31.2 Å². The van der Waals surface area contributed by atoms with Gasteiger partial charge in [0.05, 0.1) is 5.52 Å². The molecule has 19 heavy (non-hydrogen) atoms. The van der Waals surface area contributed by atoms with Crippen molar-refractivity contribution in [2.24, 2.45) is 0 Å². The molecule has 94 valence electrons. The van der Waals surface area contributed by atoms with E-state index in [2.05, 4.69) is 4.98 Å². The Bertz CT molecular complexity index is 820. The summed E-state index contributed by atoms with van der Waals surface area (Å²) in [5.41, 5.74) is 3.14. The molecule has 2 aromatic carbocycles. The molecule has 0 fully saturated rings. The lowest BCUT2D eigenvalue weighted by atomic mass is 10.1. The number of hydrogen-bond acceptors (Lipinski definition) is 1. The monoisotopic (exact) mass is 253 g/mol. The molecule has 3 heteroatoms. The van der Waals surface area contributed by atoms with Crippen LogP contribution in [-0.2, 0) is 0 Å². The Labute approximate surface area is 109 Å². The number of pyridine rings is 1. The second-order valence-electron chi connectivity index (χ2n) is 4.61. The zero-order valence-corrected chi connectivity index (χ0v) is 10.4. The summed E-state index contributed by atoms with van der Waals surface area (Å²) < 4.78 is 13.2. The Morgan fingerprint density at radius 2 is 1.89 bits per heavy atom. The van der Waals surface area contributed by atoms with Gasteiger partial charge in [-0.25, -0.2) is 4.39 Å². The maximum Gasteiger partial charge on any atom is 0.190 e. The largest absolute Gasteiger partial charge is 0.354 e. The number of rotatable bonds is 1. The number of hydrogen-bond donors (Lipinski definition) is 1. The molecule has 0 atom stereocenters. The molecule has 2 nitrogen and oxygen atoms in total. The number of aromatic nitrogens is 1. The third-order valence-electron chi connectivity index (χ3n) is 3.12. The number of benzene rings is 2. The van der Waals surface area contributed by atoms with Gasteiger partial charge in [-0.2, -0.15) is 0 Å². The lowest BCUT2D eigenvalue weighted by Gasteiger charge is -2.05. The highest BCUT2D eigenvalue weighted by Gasteiger charge is 2.05. The Hall–Kier alpha value is -2.42.